The van der Waals surface area contributed by atoms with Crippen LogP contribution in [0.5, 0.6) is 0 Å². The number of carbonyl (C=O) groups excluding carboxylic acids is 1. The van der Waals surface area contributed by atoms with E-state index in [1.54, 1.807) is 0 Å². The van der Waals surface area contributed by atoms with Crippen LogP contribution in [0.4, 0.5) is 5.13 Å². The van der Waals surface area contributed by atoms with Gasteiger partial charge in [0.15, 0.2) is 4.34 Å². The zero-order chi connectivity index (χ0) is 16.7. The number of hydrogen-bond acceptors (Lipinski definition) is 6. The SMILES string of the molecule is CCNc1nnc(SCC(=O)NC(c2ccccc2)C(C)C)s1. The molecule has 5 nitrogen and oxygen atoms in total. The van der Waals surface area contributed by atoms with Gasteiger partial charge in [0.25, 0.3) is 0 Å². The predicted molar refractivity (Wildman–Crippen MR) is 97.0 cm³/mol. The van der Waals surface area contributed by atoms with Gasteiger partial charge in [0.2, 0.25) is 11.0 Å². The number of aromatic nitrogens is 2. The number of anilines is 1. The molecule has 7 heteroatoms. The molecule has 23 heavy (non-hydrogen) atoms. The fourth-order valence-corrected chi connectivity index (χ4v) is 3.76. The van der Waals surface area contributed by atoms with Gasteiger partial charge in [-0.2, -0.15) is 0 Å². The Kier molecular flexibility index (Phi) is 6.85. The summed E-state index contributed by atoms with van der Waals surface area (Å²) in [5, 5.41) is 15.1. The van der Waals surface area contributed by atoms with Crippen molar-refractivity contribution in [2.24, 2.45) is 5.92 Å². The minimum atomic E-state index is 0.0118. The first-order chi connectivity index (χ1) is 11.1. The predicted octanol–water partition coefficient (Wildman–Crippen LogP) is 3.58. The van der Waals surface area contributed by atoms with E-state index < -0.39 is 0 Å². The Morgan fingerprint density at radius 3 is 2.65 bits per heavy atom. The summed E-state index contributed by atoms with van der Waals surface area (Å²) in [5.74, 6) is 0.683. The molecule has 0 fully saturated rings. The molecule has 2 aromatic rings. The highest BCUT2D eigenvalue weighted by molar-refractivity contribution is 8.01. The van der Waals surface area contributed by atoms with E-state index in [1.165, 1.54) is 23.1 Å². The van der Waals surface area contributed by atoms with Gasteiger partial charge in [-0.3, -0.25) is 4.79 Å². The summed E-state index contributed by atoms with van der Waals surface area (Å²) in [6.45, 7) is 7.04. The summed E-state index contributed by atoms with van der Waals surface area (Å²) in [6.07, 6.45) is 0. The zero-order valence-electron chi connectivity index (χ0n) is 13.6. The monoisotopic (exact) mass is 350 g/mol. The lowest BCUT2D eigenvalue weighted by Crippen LogP contribution is -2.32. The van der Waals surface area contributed by atoms with Crippen LogP contribution in [0.1, 0.15) is 32.4 Å². The number of amides is 1. The van der Waals surface area contributed by atoms with Crippen molar-refractivity contribution in [2.45, 2.75) is 31.2 Å². The number of carbonyl (C=O) groups is 1. The molecular weight excluding hydrogens is 328 g/mol. The first kappa shape index (κ1) is 17.7. The number of thioether (sulfide) groups is 1. The molecule has 124 valence electrons. The van der Waals surface area contributed by atoms with Gasteiger partial charge in [-0.05, 0) is 18.4 Å². The highest BCUT2D eigenvalue weighted by Gasteiger charge is 2.18. The van der Waals surface area contributed by atoms with Crippen LogP contribution in [0.2, 0.25) is 0 Å². The lowest BCUT2D eigenvalue weighted by Gasteiger charge is -2.22. The van der Waals surface area contributed by atoms with Gasteiger partial charge in [0.1, 0.15) is 0 Å². The summed E-state index contributed by atoms with van der Waals surface area (Å²) in [7, 11) is 0. The largest absolute Gasteiger partial charge is 0.360 e. The molecule has 2 N–H and O–H groups in total. The Labute approximate surface area is 145 Å². The van der Waals surface area contributed by atoms with Crippen molar-refractivity contribution >= 4 is 34.1 Å². The van der Waals surface area contributed by atoms with Crippen LogP contribution in [-0.4, -0.2) is 28.4 Å². The second-order valence-electron chi connectivity index (χ2n) is 5.39. The zero-order valence-corrected chi connectivity index (χ0v) is 15.2. The Morgan fingerprint density at radius 1 is 1.26 bits per heavy atom. The average molecular weight is 351 g/mol. The summed E-state index contributed by atoms with van der Waals surface area (Å²) in [5.41, 5.74) is 1.13. The van der Waals surface area contributed by atoms with Crippen molar-refractivity contribution in [1.29, 1.82) is 0 Å². The maximum Gasteiger partial charge on any atom is 0.230 e. The molecule has 0 radical (unpaired) electrons. The fraction of sp³-hybridized carbons (Fsp3) is 0.438. The van der Waals surface area contributed by atoms with Crippen LogP contribution in [0.15, 0.2) is 34.7 Å². The summed E-state index contributed by atoms with van der Waals surface area (Å²) < 4.78 is 0.803. The van der Waals surface area contributed by atoms with E-state index in [-0.39, 0.29) is 11.9 Å². The van der Waals surface area contributed by atoms with Crippen molar-refractivity contribution in [3.05, 3.63) is 35.9 Å². The first-order valence-corrected chi connectivity index (χ1v) is 9.44. The second kappa shape index (κ2) is 8.88. The van der Waals surface area contributed by atoms with Crippen LogP contribution >= 0.6 is 23.1 Å². The minimum absolute atomic E-state index is 0.0118. The fourth-order valence-electron chi connectivity index (χ4n) is 2.13. The van der Waals surface area contributed by atoms with Crippen LogP contribution < -0.4 is 10.6 Å². The van der Waals surface area contributed by atoms with Crippen molar-refractivity contribution < 1.29 is 4.79 Å². The van der Waals surface area contributed by atoms with Crippen molar-refractivity contribution in [1.82, 2.24) is 15.5 Å². The lowest BCUT2D eigenvalue weighted by atomic mass is 9.96. The summed E-state index contributed by atoms with van der Waals surface area (Å²) >= 11 is 2.89. The van der Waals surface area contributed by atoms with Gasteiger partial charge >= 0.3 is 0 Å². The van der Waals surface area contributed by atoms with E-state index in [0.29, 0.717) is 11.7 Å². The number of benzene rings is 1. The topological polar surface area (TPSA) is 66.9 Å². The van der Waals surface area contributed by atoms with E-state index in [1.807, 2.05) is 37.3 Å². The van der Waals surface area contributed by atoms with Crippen LogP contribution in [-0.2, 0) is 4.79 Å². The van der Waals surface area contributed by atoms with E-state index in [4.69, 9.17) is 0 Å². The third-order valence-corrected chi connectivity index (χ3v) is 5.22. The van der Waals surface area contributed by atoms with Crippen LogP contribution in [0.25, 0.3) is 0 Å². The molecule has 1 aromatic carbocycles. The van der Waals surface area contributed by atoms with Crippen LogP contribution in [0, 0.1) is 5.92 Å². The maximum atomic E-state index is 12.2. The molecule has 1 heterocycles. The van der Waals surface area contributed by atoms with E-state index in [2.05, 4.69) is 34.7 Å². The lowest BCUT2D eigenvalue weighted by molar-refractivity contribution is -0.119. The molecule has 1 amide bonds. The molecule has 1 unspecified atom stereocenters. The second-order valence-corrected chi connectivity index (χ2v) is 7.59. The third-order valence-electron chi connectivity index (χ3n) is 3.20. The molecular formula is C16H22N4OS2. The van der Waals surface area contributed by atoms with Gasteiger partial charge in [-0.1, -0.05) is 67.3 Å². The summed E-state index contributed by atoms with van der Waals surface area (Å²) in [4.78, 5) is 12.2. The molecule has 2 rings (SSSR count). The van der Waals surface area contributed by atoms with E-state index in [0.717, 1.165) is 21.6 Å². The minimum Gasteiger partial charge on any atom is -0.360 e. The maximum absolute atomic E-state index is 12.2. The smallest absolute Gasteiger partial charge is 0.230 e. The molecule has 1 atom stereocenters. The molecule has 0 saturated carbocycles. The molecule has 0 bridgehead atoms. The van der Waals surface area contributed by atoms with Crippen molar-refractivity contribution in [3.8, 4) is 0 Å². The van der Waals surface area contributed by atoms with Crippen molar-refractivity contribution in [3.63, 3.8) is 0 Å². The molecule has 0 saturated heterocycles. The first-order valence-electron chi connectivity index (χ1n) is 7.64. The standard InChI is InChI=1S/C16H22N4OS2/c1-4-17-15-19-20-16(23-15)22-10-13(21)18-14(11(2)3)12-8-6-5-7-9-12/h5-9,11,14H,4,10H2,1-3H3,(H,17,19)(H,18,21). The van der Waals surface area contributed by atoms with Gasteiger partial charge < -0.3 is 10.6 Å². The quantitative estimate of drug-likeness (QED) is 0.712. The Balaban J connectivity index is 1.89. The molecule has 0 aliphatic carbocycles. The molecule has 0 aliphatic rings. The van der Waals surface area contributed by atoms with Gasteiger partial charge in [-0.25, -0.2) is 0 Å². The van der Waals surface area contributed by atoms with Gasteiger partial charge in [0, 0.05) is 6.54 Å². The normalized spacial score (nSPS) is 12.2. The number of nitrogens with zero attached hydrogens (tertiary/aromatic N) is 2. The molecule has 0 aliphatic heterocycles. The third kappa shape index (κ3) is 5.51. The van der Waals surface area contributed by atoms with E-state index >= 15 is 0 Å². The average Bonchev–Trinajstić information content (AvgIpc) is 2.99. The van der Waals surface area contributed by atoms with Crippen LogP contribution in [0.3, 0.4) is 0 Å². The molecule has 0 spiro atoms. The highest BCUT2D eigenvalue weighted by atomic mass is 32.2. The van der Waals surface area contributed by atoms with E-state index in [9.17, 15) is 4.79 Å². The number of hydrogen-bond donors (Lipinski definition) is 2. The highest BCUT2D eigenvalue weighted by Crippen LogP contribution is 2.26. The van der Waals surface area contributed by atoms with Gasteiger partial charge in [0.05, 0.1) is 11.8 Å². The number of rotatable bonds is 8. The Bertz CT molecular complexity index is 616. The molecule has 1 aromatic heterocycles. The number of nitrogens with one attached hydrogen (secondary N) is 2. The van der Waals surface area contributed by atoms with Crippen molar-refractivity contribution in [2.75, 3.05) is 17.6 Å². The summed E-state index contributed by atoms with van der Waals surface area (Å²) in [6, 6.07) is 10.1. The Hall–Kier alpha value is -1.60. The Morgan fingerprint density at radius 2 is 2.00 bits per heavy atom. The van der Waals surface area contributed by atoms with Gasteiger partial charge in [-0.15, -0.1) is 10.2 Å².